The molecule has 18 heavy (non-hydrogen) atoms. The molecule has 2 fully saturated rings. The molecule has 0 aromatic carbocycles. The fourth-order valence-corrected chi connectivity index (χ4v) is 3.59. The maximum Gasteiger partial charge on any atom is 0.00642 e. The van der Waals surface area contributed by atoms with Crippen LogP contribution in [0.5, 0.6) is 0 Å². The second kappa shape index (κ2) is 6.38. The highest BCUT2D eigenvalue weighted by Gasteiger charge is 2.33. The van der Waals surface area contributed by atoms with Crippen LogP contribution in [0.3, 0.4) is 0 Å². The molecule has 0 spiro atoms. The van der Waals surface area contributed by atoms with Crippen molar-refractivity contribution in [2.45, 2.75) is 64.8 Å². The summed E-state index contributed by atoms with van der Waals surface area (Å²) in [5, 5.41) is 7.17. The summed E-state index contributed by atoms with van der Waals surface area (Å²) in [7, 11) is 2.10. The lowest BCUT2D eigenvalue weighted by Gasteiger charge is -2.41. The Balaban J connectivity index is 1.60. The third-order valence-electron chi connectivity index (χ3n) is 5.48. The van der Waals surface area contributed by atoms with Gasteiger partial charge in [0, 0.05) is 12.6 Å². The van der Waals surface area contributed by atoms with Crippen LogP contribution in [-0.4, -0.2) is 26.2 Å². The minimum Gasteiger partial charge on any atom is -0.317 e. The molecule has 2 heteroatoms. The Morgan fingerprint density at radius 2 is 1.67 bits per heavy atom. The lowest BCUT2D eigenvalue weighted by molar-refractivity contribution is 0.116. The Morgan fingerprint density at radius 1 is 1.00 bits per heavy atom. The normalized spacial score (nSPS) is 30.2. The van der Waals surface area contributed by atoms with E-state index in [1.54, 1.807) is 0 Å². The number of nitrogens with one attached hydrogen (secondary N) is 2. The minimum absolute atomic E-state index is 0.514. The Bertz CT molecular complexity index is 237. The van der Waals surface area contributed by atoms with Gasteiger partial charge in [0.05, 0.1) is 0 Å². The van der Waals surface area contributed by atoms with Gasteiger partial charge in [-0.05, 0) is 69.4 Å². The Hall–Kier alpha value is -0.0800. The van der Waals surface area contributed by atoms with Gasteiger partial charge in [-0.2, -0.15) is 0 Å². The zero-order chi connectivity index (χ0) is 13.0. The fourth-order valence-electron chi connectivity index (χ4n) is 3.59. The molecular formula is C16H32N2. The van der Waals surface area contributed by atoms with Crippen molar-refractivity contribution in [1.82, 2.24) is 10.6 Å². The molecule has 0 amide bonds. The second-order valence-corrected chi connectivity index (χ2v) is 7.25. The molecule has 0 saturated heterocycles. The zero-order valence-corrected chi connectivity index (χ0v) is 12.6. The first-order valence-electron chi connectivity index (χ1n) is 8.00. The van der Waals surface area contributed by atoms with Crippen molar-refractivity contribution in [1.29, 1.82) is 0 Å². The van der Waals surface area contributed by atoms with Crippen molar-refractivity contribution in [2.75, 3.05) is 20.1 Å². The first kappa shape index (κ1) is 14.3. The molecule has 0 aromatic rings. The molecule has 2 saturated carbocycles. The van der Waals surface area contributed by atoms with Crippen LogP contribution in [0.15, 0.2) is 0 Å². The highest BCUT2D eigenvalue weighted by atomic mass is 14.9. The molecule has 106 valence electrons. The minimum atomic E-state index is 0.514. The van der Waals surface area contributed by atoms with Crippen molar-refractivity contribution in [3.05, 3.63) is 0 Å². The highest BCUT2D eigenvalue weighted by Crippen LogP contribution is 2.41. The summed E-state index contributed by atoms with van der Waals surface area (Å²) in [6.45, 7) is 7.35. The van der Waals surface area contributed by atoms with E-state index in [-0.39, 0.29) is 0 Å². The summed E-state index contributed by atoms with van der Waals surface area (Å²) in [5.74, 6) is 1.90. The summed E-state index contributed by atoms with van der Waals surface area (Å²) >= 11 is 0. The molecule has 0 atom stereocenters. The van der Waals surface area contributed by atoms with Crippen molar-refractivity contribution < 1.29 is 0 Å². The smallest absolute Gasteiger partial charge is 0.00642 e. The van der Waals surface area contributed by atoms with E-state index in [9.17, 15) is 0 Å². The Labute approximate surface area is 113 Å². The zero-order valence-electron chi connectivity index (χ0n) is 12.6. The van der Waals surface area contributed by atoms with E-state index >= 15 is 0 Å². The fraction of sp³-hybridized carbons (Fsp3) is 1.00. The van der Waals surface area contributed by atoms with Gasteiger partial charge in [0.25, 0.3) is 0 Å². The van der Waals surface area contributed by atoms with Crippen LogP contribution < -0.4 is 10.6 Å². The van der Waals surface area contributed by atoms with E-state index in [2.05, 4.69) is 31.5 Å². The summed E-state index contributed by atoms with van der Waals surface area (Å²) in [4.78, 5) is 0. The molecule has 2 rings (SSSR count). The van der Waals surface area contributed by atoms with E-state index in [4.69, 9.17) is 0 Å². The average molecular weight is 252 g/mol. The molecular weight excluding hydrogens is 220 g/mol. The maximum absolute atomic E-state index is 3.76. The molecule has 0 heterocycles. The Morgan fingerprint density at radius 3 is 2.17 bits per heavy atom. The van der Waals surface area contributed by atoms with Gasteiger partial charge in [-0.15, -0.1) is 0 Å². The van der Waals surface area contributed by atoms with Gasteiger partial charge in [0.1, 0.15) is 0 Å². The molecule has 0 aromatic heterocycles. The summed E-state index contributed by atoms with van der Waals surface area (Å²) in [6, 6.07) is 0.785. The summed E-state index contributed by atoms with van der Waals surface area (Å²) in [5.41, 5.74) is 0.514. The molecule has 0 bridgehead atoms. The van der Waals surface area contributed by atoms with E-state index in [1.165, 1.54) is 58.0 Å². The van der Waals surface area contributed by atoms with Gasteiger partial charge >= 0.3 is 0 Å². The summed E-state index contributed by atoms with van der Waals surface area (Å²) < 4.78 is 0. The monoisotopic (exact) mass is 252 g/mol. The first-order valence-corrected chi connectivity index (χ1v) is 8.00. The standard InChI is InChI=1S/C16H32N2/c1-16(2,14-5-4-6-14)12-18-11-13-7-9-15(17-3)10-8-13/h13-15,17-18H,4-12H2,1-3H3. The second-order valence-electron chi connectivity index (χ2n) is 7.25. The van der Waals surface area contributed by atoms with E-state index in [0.717, 1.165) is 17.9 Å². The van der Waals surface area contributed by atoms with Crippen LogP contribution in [0.1, 0.15) is 58.8 Å². The maximum atomic E-state index is 3.76. The highest BCUT2D eigenvalue weighted by molar-refractivity contribution is 4.86. The first-order chi connectivity index (χ1) is 8.62. The third-order valence-corrected chi connectivity index (χ3v) is 5.48. The van der Waals surface area contributed by atoms with Gasteiger partial charge < -0.3 is 10.6 Å². The molecule has 2 aliphatic rings. The van der Waals surface area contributed by atoms with Gasteiger partial charge in [-0.25, -0.2) is 0 Å². The summed E-state index contributed by atoms with van der Waals surface area (Å²) in [6.07, 6.45) is 9.93. The third kappa shape index (κ3) is 3.71. The van der Waals surface area contributed by atoms with Crippen molar-refractivity contribution in [2.24, 2.45) is 17.3 Å². The van der Waals surface area contributed by atoms with Crippen LogP contribution in [-0.2, 0) is 0 Å². The molecule has 2 N–H and O–H groups in total. The van der Waals surface area contributed by atoms with Crippen LogP contribution in [0.4, 0.5) is 0 Å². The number of rotatable bonds is 6. The molecule has 0 unspecified atom stereocenters. The molecule has 0 radical (unpaired) electrons. The largest absolute Gasteiger partial charge is 0.317 e. The van der Waals surface area contributed by atoms with Crippen LogP contribution in [0.25, 0.3) is 0 Å². The van der Waals surface area contributed by atoms with E-state index < -0.39 is 0 Å². The van der Waals surface area contributed by atoms with Gasteiger partial charge in [0.2, 0.25) is 0 Å². The van der Waals surface area contributed by atoms with E-state index in [1.807, 2.05) is 0 Å². The van der Waals surface area contributed by atoms with Gasteiger partial charge in [0.15, 0.2) is 0 Å². The molecule has 0 aliphatic heterocycles. The number of hydrogen-bond donors (Lipinski definition) is 2. The lowest BCUT2D eigenvalue weighted by Crippen LogP contribution is -2.41. The van der Waals surface area contributed by atoms with Crippen molar-refractivity contribution >= 4 is 0 Å². The molecule has 2 nitrogen and oxygen atoms in total. The van der Waals surface area contributed by atoms with E-state index in [0.29, 0.717) is 5.41 Å². The topological polar surface area (TPSA) is 24.1 Å². The molecule has 2 aliphatic carbocycles. The predicted octanol–water partition coefficient (Wildman–Crippen LogP) is 3.18. The van der Waals surface area contributed by atoms with Crippen LogP contribution in [0.2, 0.25) is 0 Å². The van der Waals surface area contributed by atoms with Crippen molar-refractivity contribution in [3.8, 4) is 0 Å². The SMILES string of the molecule is CNC1CCC(CNCC(C)(C)C2CCC2)CC1. The van der Waals surface area contributed by atoms with Crippen LogP contribution >= 0.6 is 0 Å². The number of hydrogen-bond acceptors (Lipinski definition) is 2. The average Bonchev–Trinajstić information content (AvgIpc) is 2.26. The Kier molecular flexibility index (Phi) is 5.08. The van der Waals surface area contributed by atoms with Gasteiger partial charge in [-0.1, -0.05) is 20.3 Å². The van der Waals surface area contributed by atoms with Crippen LogP contribution in [0, 0.1) is 17.3 Å². The van der Waals surface area contributed by atoms with Crippen molar-refractivity contribution in [3.63, 3.8) is 0 Å². The quantitative estimate of drug-likeness (QED) is 0.758. The predicted molar refractivity (Wildman–Crippen MR) is 78.8 cm³/mol. The lowest BCUT2D eigenvalue weighted by atomic mass is 9.67. The van der Waals surface area contributed by atoms with Gasteiger partial charge in [-0.3, -0.25) is 0 Å².